The van der Waals surface area contributed by atoms with Crippen molar-refractivity contribution in [3.8, 4) is 0 Å². The molecule has 0 aliphatic rings. The summed E-state index contributed by atoms with van der Waals surface area (Å²) < 4.78 is 0. The molecular formula is C9H14O. The predicted molar refractivity (Wildman–Crippen MR) is 44.7 cm³/mol. The van der Waals surface area contributed by atoms with Crippen molar-refractivity contribution in [1.29, 1.82) is 0 Å². The van der Waals surface area contributed by atoms with Crippen molar-refractivity contribution < 1.29 is 5.11 Å². The molecule has 0 saturated heterocycles. The second kappa shape index (κ2) is 4.07. The Morgan fingerprint density at radius 2 is 1.50 bits per heavy atom. The first kappa shape index (κ1) is 9.18. The summed E-state index contributed by atoms with van der Waals surface area (Å²) in [5, 5.41) is 8.65. The van der Waals surface area contributed by atoms with Gasteiger partial charge in [0.15, 0.2) is 0 Å². The number of aliphatic hydroxyl groups excluding tert-OH is 1. The van der Waals surface area contributed by atoms with Gasteiger partial charge in [0.1, 0.15) is 0 Å². The predicted octanol–water partition coefficient (Wildman–Crippen LogP) is 1.91. The summed E-state index contributed by atoms with van der Waals surface area (Å²) >= 11 is 0. The second-order valence-corrected chi connectivity index (χ2v) is 2.20. The molecule has 0 saturated carbocycles. The number of aliphatic hydroxyl groups is 1. The van der Waals surface area contributed by atoms with Gasteiger partial charge in [-0.15, -0.1) is 19.7 Å². The van der Waals surface area contributed by atoms with Crippen LogP contribution in [0.2, 0.25) is 0 Å². The van der Waals surface area contributed by atoms with Gasteiger partial charge in [0.2, 0.25) is 0 Å². The molecule has 0 amide bonds. The Morgan fingerprint density at radius 3 is 1.60 bits per heavy atom. The van der Waals surface area contributed by atoms with Gasteiger partial charge in [0.05, 0.1) is 0 Å². The van der Waals surface area contributed by atoms with Gasteiger partial charge >= 0.3 is 0 Å². The number of allylic oxidation sites excluding steroid dienone is 3. The van der Waals surface area contributed by atoms with Crippen LogP contribution in [0.4, 0.5) is 0 Å². The van der Waals surface area contributed by atoms with Crippen LogP contribution in [0.1, 0.15) is 6.42 Å². The first-order valence-electron chi connectivity index (χ1n) is 3.26. The minimum absolute atomic E-state index is 0.129. The lowest BCUT2D eigenvalue weighted by Crippen LogP contribution is -2.12. The summed E-state index contributed by atoms with van der Waals surface area (Å²) in [5.74, 6) is 0. The fourth-order valence-electron chi connectivity index (χ4n) is 0.750. The van der Waals surface area contributed by atoms with Crippen molar-refractivity contribution in [3.63, 3.8) is 0 Å². The van der Waals surface area contributed by atoms with E-state index in [9.17, 15) is 0 Å². The van der Waals surface area contributed by atoms with Crippen molar-refractivity contribution in [2.24, 2.45) is 5.41 Å². The third-order valence-corrected chi connectivity index (χ3v) is 1.68. The fraction of sp³-hybridized carbons (Fsp3) is 0.333. The molecule has 0 aromatic rings. The van der Waals surface area contributed by atoms with Crippen LogP contribution in [0.3, 0.4) is 0 Å². The Bertz CT molecular complexity index is 114. The summed E-state index contributed by atoms with van der Waals surface area (Å²) in [6.07, 6.45) is 5.83. The van der Waals surface area contributed by atoms with E-state index < -0.39 is 0 Å². The van der Waals surface area contributed by atoms with Crippen LogP contribution >= 0.6 is 0 Å². The lowest BCUT2D eigenvalue weighted by molar-refractivity contribution is 0.263. The molecule has 0 heterocycles. The summed E-state index contributed by atoms with van der Waals surface area (Å²) in [6, 6.07) is 0. The molecule has 56 valence electrons. The molecule has 0 rings (SSSR count). The smallest absolute Gasteiger partial charge is 0.0445 e. The van der Waals surface area contributed by atoms with Crippen molar-refractivity contribution >= 4 is 0 Å². The third-order valence-electron chi connectivity index (χ3n) is 1.68. The number of hydrogen-bond acceptors (Lipinski definition) is 1. The maximum absolute atomic E-state index is 8.65. The summed E-state index contributed by atoms with van der Waals surface area (Å²) in [5.41, 5.74) is -0.283. The van der Waals surface area contributed by atoms with Gasteiger partial charge in [-0.1, -0.05) is 18.2 Å². The average molecular weight is 138 g/mol. The highest BCUT2D eigenvalue weighted by molar-refractivity contribution is 5.15. The SMILES string of the molecule is C=CC(C=C)(C=C)CCO. The highest BCUT2D eigenvalue weighted by atomic mass is 16.3. The summed E-state index contributed by atoms with van der Waals surface area (Å²) in [6.45, 7) is 11.0. The van der Waals surface area contributed by atoms with E-state index in [4.69, 9.17) is 5.11 Å². The van der Waals surface area contributed by atoms with Gasteiger partial charge < -0.3 is 5.11 Å². The Hall–Kier alpha value is -0.820. The van der Waals surface area contributed by atoms with Gasteiger partial charge in [0, 0.05) is 12.0 Å². The van der Waals surface area contributed by atoms with Crippen LogP contribution in [0.5, 0.6) is 0 Å². The van der Waals surface area contributed by atoms with Gasteiger partial charge in [-0.3, -0.25) is 0 Å². The molecule has 1 N–H and O–H groups in total. The zero-order valence-corrected chi connectivity index (χ0v) is 6.21. The molecule has 0 aromatic heterocycles. The van der Waals surface area contributed by atoms with E-state index in [2.05, 4.69) is 19.7 Å². The molecule has 0 fully saturated rings. The van der Waals surface area contributed by atoms with Crippen molar-refractivity contribution in [2.75, 3.05) is 6.61 Å². The van der Waals surface area contributed by atoms with Crippen molar-refractivity contribution in [1.82, 2.24) is 0 Å². The van der Waals surface area contributed by atoms with Crippen LogP contribution in [-0.4, -0.2) is 11.7 Å². The first-order valence-corrected chi connectivity index (χ1v) is 3.26. The normalized spacial score (nSPS) is 10.5. The molecule has 0 aliphatic carbocycles. The van der Waals surface area contributed by atoms with Crippen LogP contribution in [0.25, 0.3) is 0 Å². The average Bonchev–Trinajstić information content (AvgIpc) is 2.01. The molecule has 0 radical (unpaired) electrons. The standard InChI is InChI=1S/C9H14O/c1-4-9(5-2,6-3)7-8-10/h4-6,10H,1-3,7-8H2. The van der Waals surface area contributed by atoms with Crippen LogP contribution < -0.4 is 0 Å². The maximum atomic E-state index is 8.65. The highest BCUT2D eigenvalue weighted by Crippen LogP contribution is 2.25. The topological polar surface area (TPSA) is 20.2 Å². The van der Waals surface area contributed by atoms with E-state index in [1.165, 1.54) is 0 Å². The largest absolute Gasteiger partial charge is 0.396 e. The molecule has 0 aliphatic heterocycles. The van der Waals surface area contributed by atoms with Crippen molar-refractivity contribution in [2.45, 2.75) is 6.42 Å². The lowest BCUT2D eigenvalue weighted by Gasteiger charge is -2.20. The molecule has 1 nitrogen and oxygen atoms in total. The van der Waals surface area contributed by atoms with E-state index in [0.717, 1.165) is 0 Å². The van der Waals surface area contributed by atoms with Gasteiger partial charge in [-0.25, -0.2) is 0 Å². The molecular weight excluding hydrogens is 124 g/mol. The fourth-order valence-corrected chi connectivity index (χ4v) is 0.750. The first-order chi connectivity index (χ1) is 4.74. The summed E-state index contributed by atoms with van der Waals surface area (Å²) in [4.78, 5) is 0. The van der Waals surface area contributed by atoms with Crippen LogP contribution in [0.15, 0.2) is 38.0 Å². The van der Waals surface area contributed by atoms with E-state index in [1.54, 1.807) is 18.2 Å². The lowest BCUT2D eigenvalue weighted by atomic mass is 9.85. The van der Waals surface area contributed by atoms with Crippen LogP contribution in [-0.2, 0) is 0 Å². The minimum Gasteiger partial charge on any atom is -0.396 e. The Labute approximate surface area is 62.4 Å². The molecule has 10 heavy (non-hydrogen) atoms. The minimum atomic E-state index is -0.283. The molecule has 0 spiro atoms. The van der Waals surface area contributed by atoms with Gasteiger partial charge in [0.25, 0.3) is 0 Å². The molecule has 0 bridgehead atoms. The summed E-state index contributed by atoms with van der Waals surface area (Å²) in [7, 11) is 0. The zero-order valence-electron chi connectivity index (χ0n) is 6.21. The van der Waals surface area contributed by atoms with E-state index in [0.29, 0.717) is 6.42 Å². The van der Waals surface area contributed by atoms with Crippen LogP contribution in [0, 0.1) is 5.41 Å². The van der Waals surface area contributed by atoms with Gasteiger partial charge in [-0.05, 0) is 6.42 Å². The maximum Gasteiger partial charge on any atom is 0.0445 e. The molecule has 0 atom stereocenters. The monoisotopic (exact) mass is 138 g/mol. The second-order valence-electron chi connectivity index (χ2n) is 2.20. The van der Waals surface area contributed by atoms with E-state index >= 15 is 0 Å². The number of rotatable bonds is 5. The van der Waals surface area contributed by atoms with E-state index in [-0.39, 0.29) is 12.0 Å². The van der Waals surface area contributed by atoms with E-state index in [1.807, 2.05) is 0 Å². The third kappa shape index (κ3) is 1.85. The zero-order chi connectivity index (χ0) is 8.04. The Morgan fingerprint density at radius 1 is 1.10 bits per heavy atom. The van der Waals surface area contributed by atoms with Crippen molar-refractivity contribution in [3.05, 3.63) is 38.0 Å². The highest BCUT2D eigenvalue weighted by Gasteiger charge is 2.16. The molecule has 0 aromatic carbocycles. The molecule has 0 unspecified atom stereocenters. The van der Waals surface area contributed by atoms with Gasteiger partial charge in [-0.2, -0.15) is 0 Å². The number of hydrogen-bond donors (Lipinski definition) is 1. The molecule has 1 heteroatoms. The Kier molecular flexibility index (Phi) is 3.74. The Balaban J connectivity index is 4.29. The quantitative estimate of drug-likeness (QED) is 0.575.